The lowest BCUT2D eigenvalue weighted by atomic mass is 9.79. The molecule has 0 heterocycles. The number of unbranched alkanes of at least 4 members (excludes halogenated alkanes) is 3. The molecule has 1 aromatic carbocycles. The van der Waals surface area contributed by atoms with Crippen molar-refractivity contribution in [3.8, 4) is 5.75 Å². The van der Waals surface area contributed by atoms with Crippen molar-refractivity contribution in [3.05, 3.63) is 29.3 Å². The Hall–Kier alpha value is -1.02. The van der Waals surface area contributed by atoms with Crippen molar-refractivity contribution in [3.63, 3.8) is 0 Å². The van der Waals surface area contributed by atoms with Gasteiger partial charge in [-0.1, -0.05) is 58.6 Å². The van der Waals surface area contributed by atoms with Crippen LogP contribution in [0.3, 0.4) is 0 Å². The smallest absolute Gasteiger partial charge is 0.119 e. The molecule has 0 radical (unpaired) electrons. The first kappa shape index (κ1) is 17.3. The summed E-state index contributed by atoms with van der Waals surface area (Å²) in [5.41, 5.74) is 2.35. The van der Waals surface area contributed by atoms with Crippen LogP contribution in [-0.2, 0) is 5.41 Å². The van der Waals surface area contributed by atoms with Crippen LogP contribution in [0, 0.1) is 0 Å². The predicted molar refractivity (Wildman–Crippen MR) is 92.5 cm³/mol. The lowest BCUT2D eigenvalue weighted by molar-refractivity contribution is 0.181. The quantitative estimate of drug-likeness (QED) is 0.674. The molecule has 2 rings (SSSR count). The molecule has 0 aromatic heterocycles. The fourth-order valence-corrected chi connectivity index (χ4v) is 3.69. The largest absolute Gasteiger partial charge is 0.508 e. The molecule has 0 saturated heterocycles. The van der Waals surface area contributed by atoms with Crippen LogP contribution in [0.15, 0.2) is 18.2 Å². The number of hydrogen-bond donors (Lipinski definition) is 2. The molecule has 124 valence electrons. The molecule has 2 N–H and O–H groups in total. The van der Waals surface area contributed by atoms with E-state index >= 15 is 0 Å². The number of aromatic hydroxyl groups is 1. The summed E-state index contributed by atoms with van der Waals surface area (Å²) in [6.45, 7) is 6.78. The fourth-order valence-electron chi connectivity index (χ4n) is 3.69. The third-order valence-electron chi connectivity index (χ3n) is 5.31. The number of rotatable bonds is 7. The second-order valence-corrected chi connectivity index (χ2v) is 7.63. The number of aliphatic hydroxyl groups is 1. The summed E-state index contributed by atoms with van der Waals surface area (Å²) in [4.78, 5) is 0. The van der Waals surface area contributed by atoms with Crippen molar-refractivity contribution < 1.29 is 10.2 Å². The number of benzene rings is 1. The average molecular weight is 304 g/mol. The van der Waals surface area contributed by atoms with E-state index < -0.39 is 0 Å². The van der Waals surface area contributed by atoms with Crippen molar-refractivity contribution in [2.45, 2.75) is 89.6 Å². The predicted octanol–water partition coefficient (Wildman–Crippen LogP) is 5.27. The van der Waals surface area contributed by atoms with Gasteiger partial charge in [0.1, 0.15) is 5.75 Å². The van der Waals surface area contributed by atoms with Gasteiger partial charge < -0.3 is 10.2 Å². The average Bonchev–Trinajstić information content (AvgIpc) is 2.90. The highest BCUT2D eigenvalue weighted by Gasteiger charge is 2.27. The first-order chi connectivity index (χ1) is 10.4. The zero-order chi connectivity index (χ0) is 16.2. The summed E-state index contributed by atoms with van der Waals surface area (Å²) >= 11 is 0. The van der Waals surface area contributed by atoms with Crippen LogP contribution in [0.4, 0.5) is 0 Å². The molecular formula is C20H32O2. The van der Waals surface area contributed by atoms with Gasteiger partial charge in [-0.2, -0.15) is 0 Å². The number of hydrogen-bond acceptors (Lipinski definition) is 2. The zero-order valence-electron chi connectivity index (χ0n) is 14.4. The highest BCUT2D eigenvalue weighted by molar-refractivity contribution is 5.41. The minimum Gasteiger partial charge on any atom is -0.508 e. The number of phenolic OH excluding ortho intramolecular Hbond substituents is 1. The summed E-state index contributed by atoms with van der Waals surface area (Å²) in [5, 5.41) is 20.1. The third-order valence-corrected chi connectivity index (χ3v) is 5.31. The van der Waals surface area contributed by atoms with E-state index in [2.05, 4.69) is 32.9 Å². The third kappa shape index (κ3) is 4.25. The second kappa shape index (κ2) is 7.50. The molecule has 0 unspecified atom stereocenters. The van der Waals surface area contributed by atoms with Crippen molar-refractivity contribution in [2.24, 2.45) is 0 Å². The van der Waals surface area contributed by atoms with Crippen LogP contribution >= 0.6 is 0 Å². The Morgan fingerprint density at radius 3 is 2.50 bits per heavy atom. The van der Waals surface area contributed by atoms with E-state index in [0.717, 1.165) is 31.2 Å². The minimum absolute atomic E-state index is 0.110. The molecular weight excluding hydrogens is 272 g/mol. The molecule has 2 heteroatoms. The molecule has 2 nitrogen and oxygen atoms in total. The van der Waals surface area contributed by atoms with Crippen LogP contribution in [0.2, 0.25) is 0 Å². The van der Waals surface area contributed by atoms with E-state index in [9.17, 15) is 10.2 Å². The first-order valence-corrected chi connectivity index (χ1v) is 8.95. The Balaban J connectivity index is 2.04. The maximum atomic E-state index is 10.4. The van der Waals surface area contributed by atoms with E-state index in [1.165, 1.54) is 31.2 Å². The van der Waals surface area contributed by atoms with Gasteiger partial charge in [0.2, 0.25) is 0 Å². The summed E-state index contributed by atoms with van der Waals surface area (Å²) in [6.07, 6.45) is 8.71. The lowest BCUT2D eigenvalue weighted by Crippen LogP contribution is -2.17. The molecule has 0 bridgehead atoms. The van der Waals surface area contributed by atoms with Crippen molar-refractivity contribution in [1.82, 2.24) is 0 Å². The van der Waals surface area contributed by atoms with Crippen molar-refractivity contribution >= 4 is 0 Å². The van der Waals surface area contributed by atoms with Crippen LogP contribution in [-0.4, -0.2) is 16.3 Å². The molecule has 1 aliphatic rings. The summed E-state index contributed by atoms with van der Waals surface area (Å²) in [5.74, 6) is 0.731. The molecule has 2 atom stereocenters. The van der Waals surface area contributed by atoms with Gasteiger partial charge in [-0.15, -0.1) is 0 Å². The molecule has 1 fully saturated rings. The molecule has 1 aliphatic carbocycles. The topological polar surface area (TPSA) is 40.5 Å². The van der Waals surface area contributed by atoms with Gasteiger partial charge in [-0.25, -0.2) is 0 Å². The zero-order valence-corrected chi connectivity index (χ0v) is 14.4. The van der Waals surface area contributed by atoms with E-state index in [0.29, 0.717) is 11.7 Å². The van der Waals surface area contributed by atoms with E-state index in [1.807, 2.05) is 6.07 Å². The molecule has 1 aromatic rings. The normalized spacial score (nSPS) is 22.2. The van der Waals surface area contributed by atoms with Crippen molar-refractivity contribution in [2.75, 3.05) is 0 Å². The van der Waals surface area contributed by atoms with Gasteiger partial charge in [0.25, 0.3) is 0 Å². The Labute approximate surface area is 135 Å². The Morgan fingerprint density at radius 2 is 1.91 bits per heavy atom. The van der Waals surface area contributed by atoms with Gasteiger partial charge in [0, 0.05) is 0 Å². The van der Waals surface area contributed by atoms with E-state index in [1.54, 1.807) is 0 Å². The highest BCUT2D eigenvalue weighted by Crippen LogP contribution is 2.40. The standard InChI is InChI=1S/C20H32O2/c1-4-5-6-7-12-20(2,3)16-9-11-18(19(22)14-16)15-8-10-17(21)13-15/h9,11,14-15,17,21-22H,4-8,10,12-13H2,1-3H3/t15-,17+/m0/s1. The number of phenols is 1. The molecule has 0 aliphatic heterocycles. The van der Waals surface area contributed by atoms with Gasteiger partial charge in [-0.3, -0.25) is 0 Å². The van der Waals surface area contributed by atoms with Crippen molar-refractivity contribution in [1.29, 1.82) is 0 Å². The summed E-state index contributed by atoms with van der Waals surface area (Å²) < 4.78 is 0. The van der Waals surface area contributed by atoms with Gasteiger partial charge >= 0.3 is 0 Å². The fraction of sp³-hybridized carbons (Fsp3) is 0.700. The summed E-state index contributed by atoms with van der Waals surface area (Å²) in [7, 11) is 0. The van der Waals surface area contributed by atoms with Gasteiger partial charge in [-0.05, 0) is 54.2 Å². The van der Waals surface area contributed by atoms with Gasteiger partial charge in [0.15, 0.2) is 0 Å². The van der Waals surface area contributed by atoms with Crippen LogP contribution in [0.25, 0.3) is 0 Å². The Morgan fingerprint density at radius 1 is 1.14 bits per heavy atom. The van der Waals surface area contributed by atoms with Crippen LogP contribution in [0.1, 0.15) is 89.2 Å². The molecule has 1 saturated carbocycles. The lowest BCUT2D eigenvalue weighted by Gasteiger charge is -2.26. The Kier molecular flexibility index (Phi) is 5.91. The number of aliphatic hydroxyl groups excluding tert-OH is 1. The summed E-state index contributed by atoms with van der Waals surface area (Å²) in [6, 6.07) is 6.22. The highest BCUT2D eigenvalue weighted by atomic mass is 16.3. The van der Waals surface area contributed by atoms with Crippen LogP contribution < -0.4 is 0 Å². The van der Waals surface area contributed by atoms with Crippen LogP contribution in [0.5, 0.6) is 5.75 Å². The van der Waals surface area contributed by atoms with Gasteiger partial charge in [0.05, 0.1) is 6.10 Å². The SMILES string of the molecule is CCCCCCC(C)(C)c1ccc([C@H]2CC[C@@H](O)C2)c(O)c1. The second-order valence-electron chi connectivity index (χ2n) is 7.63. The maximum Gasteiger partial charge on any atom is 0.119 e. The minimum atomic E-state index is -0.195. The first-order valence-electron chi connectivity index (χ1n) is 8.95. The van der Waals surface area contributed by atoms with E-state index in [-0.39, 0.29) is 11.5 Å². The molecule has 0 spiro atoms. The molecule has 0 amide bonds. The Bertz CT molecular complexity index is 479. The van der Waals surface area contributed by atoms with E-state index in [4.69, 9.17) is 0 Å². The maximum absolute atomic E-state index is 10.4. The monoisotopic (exact) mass is 304 g/mol. The molecule has 22 heavy (non-hydrogen) atoms.